The summed E-state index contributed by atoms with van der Waals surface area (Å²) in [6.07, 6.45) is 4.17. The molecule has 9 heteroatoms. The van der Waals surface area contributed by atoms with Crippen molar-refractivity contribution in [2.24, 2.45) is 0 Å². The average molecular weight is 385 g/mol. The first kappa shape index (κ1) is 17.2. The maximum atomic E-state index is 12.8. The molecule has 3 aromatic rings. The number of carbonyl (C=O) groups is 1. The Kier molecular flexibility index (Phi) is 3.54. The van der Waals surface area contributed by atoms with Gasteiger partial charge in [0.1, 0.15) is 17.2 Å². The second-order valence-electron chi connectivity index (χ2n) is 7.74. The predicted octanol–water partition coefficient (Wildman–Crippen LogP) is 3.13. The Bertz CT molecular complexity index is 1090. The highest BCUT2D eigenvalue weighted by molar-refractivity contribution is 6.02. The number of ether oxygens (including phenoxy) is 1. The molecule has 2 saturated heterocycles. The molecule has 3 aliphatic rings. The van der Waals surface area contributed by atoms with Crippen LogP contribution in [0.5, 0.6) is 0 Å². The van der Waals surface area contributed by atoms with Crippen molar-refractivity contribution in [3.05, 3.63) is 53.9 Å². The summed E-state index contributed by atoms with van der Waals surface area (Å²) in [6, 6.07) is 4.07. The molecule has 1 saturated carbocycles. The third kappa shape index (κ3) is 2.65. The molecule has 0 radical (unpaired) electrons. The molecule has 2 bridgehead atoms. The van der Waals surface area contributed by atoms with Crippen LogP contribution in [0.4, 0.5) is 14.6 Å². The molecule has 5 heterocycles. The van der Waals surface area contributed by atoms with Gasteiger partial charge in [-0.2, -0.15) is 0 Å². The molecule has 1 N–H and O–H groups in total. The number of hydrogen-bond donors (Lipinski definition) is 1. The van der Waals surface area contributed by atoms with Gasteiger partial charge in [-0.15, -0.1) is 0 Å². The van der Waals surface area contributed by atoms with E-state index in [9.17, 15) is 13.6 Å². The molecule has 0 unspecified atom stereocenters. The van der Waals surface area contributed by atoms with Crippen molar-refractivity contribution < 1.29 is 18.3 Å². The monoisotopic (exact) mass is 385 g/mol. The lowest BCUT2D eigenvalue weighted by molar-refractivity contribution is 0.0154. The van der Waals surface area contributed by atoms with Gasteiger partial charge in [-0.25, -0.2) is 23.7 Å². The maximum absolute atomic E-state index is 12.8. The molecule has 1 amide bonds. The van der Waals surface area contributed by atoms with Crippen molar-refractivity contribution in [3.8, 4) is 0 Å². The van der Waals surface area contributed by atoms with Gasteiger partial charge >= 0.3 is 0 Å². The molecular formula is C19H17F2N5O2. The highest BCUT2D eigenvalue weighted by Crippen LogP contribution is 2.58. The minimum atomic E-state index is -2.71. The Morgan fingerprint density at radius 1 is 1.29 bits per heavy atom. The van der Waals surface area contributed by atoms with Gasteiger partial charge in [-0.05, 0) is 31.9 Å². The molecule has 3 fully saturated rings. The first-order valence-corrected chi connectivity index (χ1v) is 8.92. The number of nitrogens with one attached hydrogen (secondary N) is 1. The number of aromatic nitrogens is 4. The second-order valence-corrected chi connectivity index (χ2v) is 7.74. The van der Waals surface area contributed by atoms with Crippen LogP contribution in [0.25, 0.3) is 5.65 Å². The van der Waals surface area contributed by atoms with Crippen LogP contribution in [0.2, 0.25) is 0 Å². The molecule has 0 spiro atoms. The van der Waals surface area contributed by atoms with E-state index in [1.165, 1.54) is 24.4 Å². The summed E-state index contributed by atoms with van der Waals surface area (Å²) in [5.74, 6) is -0.485. The number of anilines is 1. The molecule has 0 atom stereocenters. The summed E-state index contributed by atoms with van der Waals surface area (Å²) in [6.45, 7) is 2.76. The lowest BCUT2D eigenvalue weighted by atomic mass is 9.62. The van der Waals surface area contributed by atoms with Gasteiger partial charge in [0.05, 0.1) is 24.1 Å². The zero-order chi connectivity index (χ0) is 19.5. The van der Waals surface area contributed by atoms with Crippen LogP contribution in [0, 0.1) is 0 Å². The zero-order valence-electron chi connectivity index (χ0n) is 15.0. The summed E-state index contributed by atoms with van der Waals surface area (Å²) in [5, 5.41) is 2.50. The van der Waals surface area contributed by atoms with Crippen molar-refractivity contribution in [1.82, 2.24) is 19.4 Å². The quantitative estimate of drug-likeness (QED) is 0.746. The predicted molar refractivity (Wildman–Crippen MR) is 95.4 cm³/mol. The Balaban J connectivity index is 1.39. The highest BCUT2D eigenvalue weighted by atomic mass is 19.3. The van der Waals surface area contributed by atoms with Gasteiger partial charge in [0.15, 0.2) is 5.65 Å². The molecule has 2 aliphatic heterocycles. The van der Waals surface area contributed by atoms with Crippen LogP contribution in [0.15, 0.2) is 36.8 Å². The third-order valence-corrected chi connectivity index (χ3v) is 5.47. The van der Waals surface area contributed by atoms with E-state index in [-0.39, 0.29) is 22.5 Å². The first-order chi connectivity index (χ1) is 13.4. The number of hydrogen-bond acceptors (Lipinski definition) is 5. The fourth-order valence-electron chi connectivity index (χ4n) is 4.25. The van der Waals surface area contributed by atoms with Gasteiger partial charge in [0.25, 0.3) is 12.3 Å². The Morgan fingerprint density at radius 3 is 2.82 bits per heavy atom. The summed E-state index contributed by atoms with van der Waals surface area (Å²) < 4.78 is 33.1. The first-order valence-electron chi connectivity index (χ1n) is 8.92. The number of rotatable bonds is 4. The summed E-state index contributed by atoms with van der Waals surface area (Å²) in [7, 11) is 0. The van der Waals surface area contributed by atoms with E-state index in [1.807, 2.05) is 6.20 Å². The molecule has 6 rings (SSSR count). The number of imidazole rings is 1. The topological polar surface area (TPSA) is 81.4 Å². The van der Waals surface area contributed by atoms with Gasteiger partial charge in [0, 0.05) is 17.8 Å². The second kappa shape index (κ2) is 5.78. The maximum Gasteiger partial charge on any atom is 0.280 e. The number of carbonyl (C=O) groups excluding carboxylic acids is 1. The lowest BCUT2D eigenvalue weighted by Crippen LogP contribution is -2.45. The lowest BCUT2D eigenvalue weighted by Gasteiger charge is -2.41. The summed E-state index contributed by atoms with van der Waals surface area (Å²) >= 11 is 0. The van der Waals surface area contributed by atoms with Crippen LogP contribution in [-0.2, 0) is 10.2 Å². The van der Waals surface area contributed by atoms with Crippen LogP contribution >= 0.6 is 0 Å². The number of fused-ring (bicyclic) bond motifs is 2. The average Bonchev–Trinajstić information content (AvgIpc) is 3.31. The van der Waals surface area contributed by atoms with Crippen LogP contribution in [0.3, 0.4) is 0 Å². The molecule has 1 aliphatic carbocycles. The largest absolute Gasteiger partial charge is 0.374 e. The van der Waals surface area contributed by atoms with E-state index >= 15 is 0 Å². The van der Waals surface area contributed by atoms with Crippen molar-refractivity contribution in [2.45, 2.75) is 37.2 Å². The van der Waals surface area contributed by atoms with E-state index in [4.69, 9.17) is 4.74 Å². The van der Waals surface area contributed by atoms with Gasteiger partial charge in [-0.1, -0.05) is 6.07 Å². The smallest absolute Gasteiger partial charge is 0.280 e. The Hall–Kier alpha value is -2.94. The van der Waals surface area contributed by atoms with Crippen LogP contribution < -0.4 is 5.32 Å². The Morgan fingerprint density at radius 2 is 2.11 bits per heavy atom. The molecular weight excluding hydrogens is 368 g/mol. The van der Waals surface area contributed by atoms with Crippen LogP contribution in [-0.4, -0.2) is 37.5 Å². The summed E-state index contributed by atoms with van der Waals surface area (Å²) in [5.41, 5.74) is 1.22. The fourth-order valence-corrected chi connectivity index (χ4v) is 4.25. The van der Waals surface area contributed by atoms with Crippen molar-refractivity contribution in [2.75, 3.05) is 11.9 Å². The van der Waals surface area contributed by atoms with Crippen molar-refractivity contribution in [1.29, 1.82) is 0 Å². The molecule has 3 aromatic heterocycles. The fraction of sp³-hybridized carbons (Fsp3) is 0.368. The number of halogens is 2. The van der Waals surface area contributed by atoms with E-state index in [2.05, 4.69) is 27.2 Å². The zero-order valence-corrected chi connectivity index (χ0v) is 15.0. The molecule has 7 nitrogen and oxygen atoms in total. The standard InChI is InChI=1S/C19H17F2N5O2/c1-18-8-19(9-18,10-28-18)13-7-26-6-12(22-5-15(26)24-13)17(27)25-14-4-2-3-11(23-14)16(20)21/h2-7,16H,8-10H2,1H3,(H,23,25,27). The highest BCUT2D eigenvalue weighted by Gasteiger charge is 2.61. The van der Waals surface area contributed by atoms with E-state index in [1.54, 1.807) is 10.6 Å². The van der Waals surface area contributed by atoms with E-state index < -0.39 is 18.0 Å². The number of amides is 1. The van der Waals surface area contributed by atoms with E-state index in [0.29, 0.717) is 12.3 Å². The van der Waals surface area contributed by atoms with Gasteiger partial charge in [0.2, 0.25) is 0 Å². The van der Waals surface area contributed by atoms with Gasteiger partial charge < -0.3 is 14.5 Å². The van der Waals surface area contributed by atoms with Crippen molar-refractivity contribution >= 4 is 17.4 Å². The van der Waals surface area contributed by atoms with E-state index in [0.717, 1.165) is 18.5 Å². The minimum absolute atomic E-state index is 0.0428. The van der Waals surface area contributed by atoms with Crippen LogP contribution in [0.1, 0.15) is 48.1 Å². The normalized spacial score (nSPS) is 25.9. The molecule has 0 aromatic carbocycles. The molecule has 28 heavy (non-hydrogen) atoms. The third-order valence-electron chi connectivity index (χ3n) is 5.47. The summed E-state index contributed by atoms with van der Waals surface area (Å²) in [4.78, 5) is 25.0. The SMILES string of the molecule is CC12CC(c3cn4cc(C(=O)Nc5cccc(C(F)F)n5)ncc4n3)(CO1)C2. The van der Waals surface area contributed by atoms with Gasteiger partial charge in [-0.3, -0.25) is 4.79 Å². The number of alkyl halides is 2. The molecule has 144 valence electrons. The number of nitrogens with zero attached hydrogens (tertiary/aromatic N) is 4. The number of pyridine rings is 1. The Labute approximate surface area is 158 Å². The minimum Gasteiger partial charge on any atom is -0.374 e. The van der Waals surface area contributed by atoms with Crippen molar-refractivity contribution in [3.63, 3.8) is 0 Å².